The van der Waals surface area contributed by atoms with Crippen LogP contribution >= 0.6 is 11.6 Å². The number of morpholine rings is 1. The van der Waals surface area contributed by atoms with Crippen molar-refractivity contribution in [1.29, 1.82) is 0 Å². The quantitative estimate of drug-likeness (QED) is 0.713. The van der Waals surface area contributed by atoms with Crippen LogP contribution in [-0.4, -0.2) is 56.4 Å². The van der Waals surface area contributed by atoms with Gasteiger partial charge in [0.05, 0.1) is 25.4 Å². The number of nitrogens with zero attached hydrogens (tertiary/aromatic N) is 1. The molecular formula is C18H26ClFN2O3. The van der Waals surface area contributed by atoms with Gasteiger partial charge in [-0.25, -0.2) is 4.39 Å². The smallest absolute Gasteiger partial charge is 0.222 e. The molecule has 5 nitrogen and oxygen atoms in total. The van der Waals surface area contributed by atoms with Crippen molar-refractivity contribution in [3.63, 3.8) is 0 Å². The van der Waals surface area contributed by atoms with E-state index in [0.29, 0.717) is 50.0 Å². The van der Waals surface area contributed by atoms with Crippen LogP contribution in [0.3, 0.4) is 0 Å². The number of halogens is 2. The number of rotatable bonds is 8. The Labute approximate surface area is 153 Å². The highest BCUT2D eigenvalue weighted by Crippen LogP contribution is 2.31. The van der Waals surface area contributed by atoms with Gasteiger partial charge in [0.15, 0.2) is 0 Å². The second kappa shape index (κ2) is 10.1. The first-order valence-electron chi connectivity index (χ1n) is 8.67. The fraction of sp³-hybridized carbons (Fsp3) is 0.611. The summed E-state index contributed by atoms with van der Waals surface area (Å²) in [6.07, 6.45) is 0.334. The number of carbonyl (C=O) groups excluding carboxylic acids is 1. The molecule has 0 aliphatic carbocycles. The Hall–Kier alpha value is -1.21. The number of ether oxygens (including phenoxy) is 2. The molecule has 2 rings (SSSR count). The van der Waals surface area contributed by atoms with Gasteiger partial charge >= 0.3 is 0 Å². The van der Waals surface area contributed by atoms with Crippen LogP contribution in [0.4, 0.5) is 4.39 Å². The van der Waals surface area contributed by atoms with Gasteiger partial charge in [0, 0.05) is 43.2 Å². The van der Waals surface area contributed by atoms with Gasteiger partial charge in [-0.3, -0.25) is 9.69 Å². The van der Waals surface area contributed by atoms with E-state index in [0.717, 1.165) is 0 Å². The molecule has 1 amide bonds. The molecule has 1 aliphatic heterocycles. The SMILES string of the molecule is CCOCCC(=O)NCC(c1c(F)cccc1Cl)N1CCOC(C)C1. The van der Waals surface area contributed by atoms with Crippen molar-refractivity contribution in [3.05, 3.63) is 34.6 Å². The molecule has 0 spiro atoms. The second-order valence-corrected chi connectivity index (χ2v) is 6.49. The summed E-state index contributed by atoms with van der Waals surface area (Å²) >= 11 is 6.27. The molecule has 1 saturated heterocycles. The maximum absolute atomic E-state index is 14.5. The number of amides is 1. The molecule has 0 saturated carbocycles. The lowest BCUT2D eigenvalue weighted by Crippen LogP contribution is -2.47. The Morgan fingerprint density at radius 1 is 1.56 bits per heavy atom. The summed E-state index contributed by atoms with van der Waals surface area (Å²) in [4.78, 5) is 14.1. The van der Waals surface area contributed by atoms with Gasteiger partial charge in [0.1, 0.15) is 5.82 Å². The fourth-order valence-electron chi connectivity index (χ4n) is 2.98. The van der Waals surface area contributed by atoms with Gasteiger partial charge in [0.25, 0.3) is 0 Å². The minimum Gasteiger partial charge on any atom is -0.381 e. The topological polar surface area (TPSA) is 50.8 Å². The van der Waals surface area contributed by atoms with Crippen LogP contribution in [0.1, 0.15) is 31.9 Å². The summed E-state index contributed by atoms with van der Waals surface area (Å²) in [5, 5.41) is 3.25. The summed E-state index contributed by atoms with van der Waals surface area (Å²) in [6.45, 7) is 6.99. The normalized spacial score (nSPS) is 19.6. The van der Waals surface area contributed by atoms with Crippen LogP contribution in [0.25, 0.3) is 0 Å². The van der Waals surface area contributed by atoms with E-state index in [2.05, 4.69) is 10.2 Å². The van der Waals surface area contributed by atoms with Gasteiger partial charge < -0.3 is 14.8 Å². The monoisotopic (exact) mass is 372 g/mol. The lowest BCUT2D eigenvalue weighted by molar-refractivity contribution is -0.122. The van der Waals surface area contributed by atoms with E-state index in [9.17, 15) is 9.18 Å². The zero-order valence-corrected chi connectivity index (χ0v) is 15.5. The molecule has 0 aromatic heterocycles. The molecule has 2 atom stereocenters. The largest absolute Gasteiger partial charge is 0.381 e. The standard InChI is InChI=1S/C18H26ClFN2O3/c1-3-24-9-7-17(23)21-11-16(22-8-10-25-13(2)12-22)18-14(19)5-4-6-15(18)20/h4-6,13,16H,3,7-12H2,1-2H3,(H,21,23). The summed E-state index contributed by atoms with van der Waals surface area (Å²) in [5.41, 5.74) is 0.420. The number of carbonyl (C=O) groups is 1. The molecule has 25 heavy (non-hydrogen) atoms. The molecule has 1 heterocycles. The lowest BCUT2D eigenvalue weighted by Gasteiger charge is -2.38. The maximum Gasteiger partial charge on any atom is 0.222 e. The summed E-state index contributed by atoms with van der Waals surface area (Å²) in [5.74, 6) is -0.479. The second-order valence-electron chi connectivity index (χ2n) is 6.08. The number of hydrogen-bond donors (Lipinski definition) is 1. The van der Waals surface area contributed by atoms with E-state index in [4.69, 9.17) is 21.1 Å². The summed E-state index contributed by atoms with van der Waals surface area (Å²) in [6, 6.07) is 4.32. The maximum atomic E-state index is 14.5. The minimum atomic E-state index is -0.361. The third-order valence-electron chi connectivity index (χ3n) is 4.22. The molecule has 7 heteroatoms. The van der Waals surface area contributed by atoms with Gasteiger partial charge in [-0.05, 0) is 26.0 Å². The molecule has 1 aromatic carbocycles. The Kier molecular flexibility index (Phi) is 8.09. The number of nitrogens with one attached hydrogen (secondary N) is 1. The first-order chi connectivity index (χ1) is 12.0. The third kappa shape index (κ3) is 5.92. The molecule has 1 N–H and O–H groups in total. The number of hydrogen-bond acceptors (Lipinski definition) is 4. The Bertz CT molecular complexity index is 553. The average Bonchev–Trinajstić information content (AvgIpc) is 2.57. The zero-order chi connectivity index (χ0) is 18.2. The number of benzene rings is 1. The van der Waals surface area contributed by atoms with Crippen molar-refractivity contribution >= 4 is 17.5 Å². The average molecular weight is 373 g/mol. The fourth-order valence-corrected chi connectivity index (χ4v) is 3.27. The minimum absolute atomic E-state index is 0.0513. The van der Waals surface area contributed by atoms with Gasteiger partial charge in [0.2, 0.25) is 5.91 Å². The predicted octanol–water partition coefficient (Wildman–Crippen LogP) is 2.78. The highest BCUT2D eigenvalue weighted by atomic mass is 35.5. The highest BCUT2D eigenvalue weighted by Gasteiger charge is 2.29. The first-order valence-corrected chi connectivity index (χ1v) is 9.04. The summed E-state index contributed by atoms with van der Waals surface area (Å²) in [7, 11) is 0. The van der Waals surface area contributed by atoms with Crippen LogP contribution in [0.5, 0.6) is 0 Å². The molecule has 0 bridgehead atoms. The van der Waals surface area contributed by atoms with E-state index < -0.39 is 0 Å². The van der Waals surface area contributed by atoms with Crippen molar-refractivity contribution in [2.45, 2.75) is 32.4 Å². The van der Waals surface area contributed by atoms with Gasteiger partial charge in [-0.15, -0.1) is 0 Å². The Balaban J connectivity index is 2.11. The molecule has 2 unspecified atom stereocenters. The van der Waals surface area contributed by atoms with Crippen molar-refractivity contribution in [2.24, 2.45) is 0 Å². The van der Waals surface area contributed by atoms with E-state index in [1.165, 1.54) is 6.07 Å². The predicted molar refractivity (Wildman–Crippen MR) is 95.3 cm³/mol. The molecule has 0 radical (unpaired) electrons. The van der Waals surface area contributed by atoms with Crippen molar-refractivity contribution in [3.8, 4) is 0 Å². The highest BCUT2D eigenvalue weighted by molar-refractivity contribution is 6.31. The summed E-state index contributed by atoms with van der Waals surface area (Å²) < 4.78 is 25.2. The van der Waals surface area contributed by atoms with E-state index in [1.807, 2.05) is 13.8 Å². The third-order valence-corrected chi connectivity index (χ3v) is 4.55. The van der Waals surface area contributed by atoms with Crippen LogP contribution in [0.15, 0.2) is 18.2 Å². The first kappa shape index (κ1) is 20.1. The van der Waals surface area contributed by atoms with Crippen LogP contribution < -0.4 is 5.32 Å². The molecule has 140 valence electrons. The molecular weight excluding hydrogens is 347 g/mol. The van der Waals surface area contributed by atoms with Crippen LogP contribution in [0.2, 0.25) is 5.02 Å². The zero-order valence-electron chi connectivity index (χ0n) is 14.8. The van der Waals surface area contributed by atoms with Crippen molar-refractivity contribution < 1.29 is 18.7 Å². The van der Waals surface area contributed by atoms with Crippen LogP contribution in [0, 0.1) is 5.82 Å². The van der Waals surface area contributed by atoms with Crippen molar-refractivity contribution in [2.75, 3.05) is 39.5 Å². The molecule has 1 aromatic rings. The van der Waals surface area contributed by atoms with E-state index in [-0.39, 0.29) is 30.3 Å². The molecule has 1 fully saturated rings. The van der Waals surface area contributed by atoms with Crippen LogP contribution in [-0.2, 0) is 14.3 Å². The van der Waals surface area contributed by atoms with Gasteiger partial charge in [-0.2, -0.15) is 0 Å². The van der Waals surface area contributed by atoms with E-state index >= 15 is 0 Å². The Morgan fingerprint density at radius 3 is 3.04 bits per heavy atom. The molecule has 1 aliphatic rings. The van der Waals surface area contributed by atoms with E-state index in [1.54, 1.807) is 12.1 Å². The lowest BCUT2D eigenvalue weighted by atomic mass is 10.0. The Morgan fingerprint density at radius 2 is 2.36 bits per heavy atom. The van der Waals surface area contributed by atoms with Crippen molar-refractivity contribution in [1.82, 2.24) is 10.2 Å². The van der Waals surface area contributed by atoms with Gasteiger partial charge in [-0.1, -0.05) is 17.7 Å².